The van der Waals surface area contributed by atoms with Crippen molar-refractivity contribution in [3.8, 4) is 0 Å². The zero-order valence-corrected chi connectivity index (χ0v) is 7.20. The normalized spacial score (nSPS) is 10.6. The van der Waals surface area contributed by atoms with Crippen LogP contribution in [0.2, 0.25) is 0 Å². The summed E-state index contributed by atoms with van der Waals surface area (Å²) in [4.78, 5) is 12.9. The molecule has 7 heteroatoms. The first-order chi connectivity index (χ1) is 6.45. The highest BCUT2D eigenvalue weighted by atomic mass is 19.3. The lowest BCUT2D eigenvalue weighted by atomic mass is 10.1. The molecule has 0 fully saturated rings. The van der Waals surface area contributed by atoms with Gasteiger partial charge in [0.25, 0.3) is 12.1 Å². The molecule has 0 aliphatic carbocycles. The first kappa shape index (κ1) is 10.3. The van der Waals surface area contributed by atoms with Crippen LogP contribution in [0.15, 0.2) is 6.20 Å². The van der Waals surface area contributed by atoms with Crippen molar-refractivity contribution in [3.05, 3.63) is 27.4 Å². The molecule has 0 spiro atoms. The molecular formula is C7H7F2N3O2. The Kier molecular flexibility index (Phi) is 2.59. The fourth-order valence-corrected chi connectivity index (χ4v) is 1.05. The average molecular weight is 203 g/mol. The van der Waals surface area contributed by atoms with E-state index in [9.17, 15) is 18.9 Å². The maximum absolute atomic E-state index is 12.4. The van der Waals surface area contributed by atoms with Gasteiger partial charge in [-0.25, -0.2) is 13.8 Å². The predicted molar refractivity (Wildman–Crippen MR) is 45.0 cm³/mol. The molecule has 0 aliphatic rings. The molecule has 1 aromatic heterocycles. The van der Waals surface area contributed by atoms with Crippen molar-refractivity contribution in [1.82, 2.24) is 4.98 Å². The zero-order chi connectivity index (χ0) is 10.9. The van der Waals surface area contributed by atoms with Gasteiger partial charge in [0.2, 0.25) is 0 Å². The molecule has 0 aromatic carbocycles. The standard InChI is InChI=1S/C7H7F2N3O2/c1-3-5(6(8)9)4(12(13)14)2-11-7(3)10/h2,6H,1H3,(H2,10,11). The largest absolute Gasteiger partial charge is 0.383 e. The number of nitro groups is 1. The lowest BCUT2D eigenvalue weighted by Gasteiger charge is -2.06. The molecule has 1 heterocycles. The maximum atomic E-state index is 12.4. The van der Waals surface area contributed by atoms with E-state index in [1.54, 1.807) is 0 Å². The van der Waals surface area contributed by atoms with Crippen LogP contribution in [0.4, 0.5) is 20.3 Å². The van der Waals surface area contributed by atoms with Crippen LogP contribution in [0.3, 0.4) is 0 Å². The molecule has 0 unspecified atom stereocenters. The minimum Gasteiger partial charge on any atom is -0.383 e. The highest BCUT2D eigenvalue weighted by molar-refractivity contribution is 5.53. The number of halogens is 2. The van der Waals surface area contributed by atoms with Gasteiger partial charge in [0, 0.05) is 5.56 Å². The molecule has 0 saturated heterocycles. The first-order valence-electron chi connectivity index (χ1n) is 3.62. The SMILES string of the molecule is Cc1c(N)ncc([N+](=O)[O-])c1C(F)F. The Balaban J connectivity index is 3.45. The summed E-state index contributed by atoms with van der Waals surface area (Å²) in [5.41, 5.74) is 3.85. The van der Waals surface area contributed by atoms with Gasteiger partial charge in [0.1, 0.15) is 17.6 Å². The first-order valence-corrected chi connectivity index (χ1v) is 3.62. The summed E-state index contributed by atoms with van der Waals surface area (Å²) in [7, 11) is 0. The molecule has 76 valence electrons. The lowest BCUT2D eigenvalue weighted by Crippen LogP contribution is -2.04. The number of anilines is 1. The fraction of sp³-hybridized carbons (Fsp3) is 0.286. The van der Waals surface area contributed by atoms with Crippen molar-refractivity contribution >= 4 is 11.5 Å². The van der Waals surface area contributed by atoms with E-state index in [0.29, 0.717) is 0 Å². The summed E-state index contributed by atoms with van der Waals surface area (Å²) in [6, 6.07) is 0. The van der Waals surface area contributed by atoms with Crippen molar-refractivity contribution in [2.24, 2.45) is 0 Å². The minimum atomic E-state index is -2.93. The van der Waals surface area contributed by atoms with E-state index in [2.05, 4.69) is 4.98 Å². The quantitative estimate of drug-likeness (QED) is 0.587. The molecule has 0 radical (unpaired) electrons. The molecule has 1 rings (SSSR count). The smallest absolute Gasteiger partial charge is 0.296 e. The molecule has 0 amide bonds. The molecule has 2 N–H and O–H groups in total. The Hall–Kier alpha value is -1.79. The lowest BCUT2D eigenvalue weighted by molar-refractivity contribution is -0.386. The van der Waals surface area contributed by atoms with E-state index in [0.717, 1.165) is 6.20 Å². The fourth-order valence-electron chi connectivity index (χ4n) is 1.05. The number of nitrogens with zero attached hydrogens (tertiary/aromatic N) is 2. The summed E-state index contributed by atoms with van der Waals surface area (Å²) in [6.45, 7) is 1.27. The molecule has 0 atom stereocenters. The maximum Gasteiger partial charge on any atom is 0.296 e. The van der Waals surface area contributed by atoms with E-state index < -0.39 is 22.6 Å². The molecule has 0 saturated carbocycles. The zero-order valence-electron chi connectivity index (χ0n) is 7.20. The third-order valence-electron chi connectivity index (χ3n) is 1.81. The van der Waals surface area contributed by atoms with Crippen molar-refractivity contribution < 1.29 is 13.7 Å². The summed E-state index contributed by atoms with van der Waals surface area (Å²) in [5.74, 6) is -0.120. The minimum absolute atomic E-state index is 0.0470. The number of hydrogen-bond donors (Lipinski definition) is 1. The summed E-state index contributed by atoms with van der Waals surface area (Å²) in [6.07, 6.45) is -2.19. The van der Waals surface area contributed by atoms with Gasteiger partial charge in [-0.3, -0.25) is 10.1 Å². The van der Waals surface area contributed by atoms with Crippen molar-refractivity contribution in [1.29, 1.82) is 0 Å². The Labute approximate surface area is 77.7 Å². The van der Waals surface area contributed by atoms with Gasteiger partial charge >= 0.3 is 0 Å². The molecule has 14 heavy (non-hydrogen) atoms. The molecular weight excluding hydrogens is 196 g/mol. The van der Waals surface area contributed by atoms with E-state index in [4.69, 9.17) is 5.73 Å². The van der Waals surface area contributed by atoms with Gasteiger partial charge in [0.05, 0.1) is 4.92 Å². The average Bonchev–Trinajstić information content (AvgIpc) is 2.08. The Bertz CT molecular complexity index is 381. The topological polar surface area (TPSA) is 82.0 Å². The second kappa shape index (κ2) is 3.52. The molecule has 0 aliphatic heterocycles. The van der Waals surface area contributed by atoms with Gasteiger partial charge in [-0.05, 0) is 6.92 Å². The summed E-state index contributed by atoms with van der Waals surface area (Å²) >= 11 is 0. The predicted octanol–water partition coefficient (Wildman–Crippen LogP) is 1.82. The molecule has 1 aromatic rings. The van der Waals surface area contributed by atoms with Gasteiger partial charge < -0.3 is 5.73 Å². The molecule has 5 nitrogen and oxygen atoms in total. The Morgan fingerprint density at radius 3 is 2.64 bits per heavy atom. The third-order valence-corrected chi connectivity index (χ3v) is 1.81. The van der Waals surface area contributed by atoms with Crippen molar-refractivity contribution in [3.63, 3.8) is 0 Å². The van der Waals surface area contributed by atoms with Crippen LogP contribution in [0.5, 0.6) is 0 Å². The van der Waals surface area contributed by atoms with Crippen molar-refractivity contribution in [2.45, 2.75) is 13.3 Å². The van der Waals surface area contributed by atoms with Crippen LogP contribution in [0, 0.1) is 17.0 Å². The third kappa shape index (κ3) is 1.61. The van der Waals surface area contributed by atoms with Crippen LogP contribution in [0.1, 0.15) is 17.6 Å². The number of aromatic nitrogens is 1. The number of nitrogen functional groups attached to an aromatic ring is 1. The molecule has 0 bridgehead atoms. The Morgan fingerprint density at radius 1 is 1.64 bits per heavy atom. The summed E-state index contributed by atoms with van der Waals surface area (Å²) < 4.78 is 24.9. The van der Waals surface area contributed by atoms with Crippen LogP contribution >= 0.6 is 0 Å². The van der Waals surface area contributed by atoms with Crippen LogP contribution in [-0.2, 0) is 0 Å². The van der Waals surface area contributed by atoms with E-state index in [-0.39, 0.29) is 11.4 Å². The van der Waals surface area contributed by atoms with E-state index >= 15 is 0 Å². The van der Waals surface area contributed by atoms with E-state index in [1.165, 1.54) is 6.92 Å². The van der Waals surface area contributed by atoms with E-state index in [1.807, 2.05) is 0 Å². The number of rotatable bonds is 2. The monoisotopic (exact) mass is 203 g/mol. The number of nitrogens with two attached hydrogens (primary N) is 1. The van der Waals surface area contributed by atoms with Gasteiger partial charge in [-0.1, -0.05) is 0 Å². The van der Waals surface area contributed by atoms with Gasteiger partial charge in [-0.15, -0.1) is 0 Å². The van der Waals surface area contributed by atoms with Crippen LogP contribution in [-0.4, -0.2) is 9.91 Å². The highest BCUT2D eigenvalue weighted by Crippen LogP contribution is 2.32. The second-order valence-electron chi connectivity index (χ2n) is 2.63. The van der Waals surface area contributed by atoms with Crippen molar-refractivity contribution in [2.75, 3.05) is 5.73 Å². The number of hydrogen-bond acceptors (Lipinski definition) is 4. The highest BCUT2D eigenvalue weighted by Gasteiger charge is 2.25. The number of pyridine rings is 1. The van der Waals surface area contributed by atoms with Gasteiger partial charge in [0.15, 0.2) is 0 Å². The number of alkyl halides is 2. The van der Waals surface area contributed by atoms with Crippen LogP contribution in [0.25, 0.3) is 0 Å². The van der Waals surface area contributed by atoms with Gasteiger partial charge in [-0.2, -0.15) is 0 Å². The van der Waals surface area contributed by atoms with Crippen LogP contribution < -0.4 is 5.73 Å². The Morgan fingerprint density at radius 2 is 2.21 bits per heavy atom. The second-order valence-corrected chi connectivity index (χ2v) is 2.63. The summed E-state index contributed by atoms with van der Waals surface area (Å²) in [5, 5.41) is 10.4.